The van der Waals surface area contributed by atoms with Crippen LogP contribution >= 0.6 is 0 Å². The smallest absolute Gasteiger partial charge is 0.876 e. The van der Waals surface area contributed by atoms with Gasteiger partial charge in [0.15, 0.2) is 17.3 Å². The zero-order valence-corrected chi connectivity index (χ0v) is 15.7. The Balaban J connectivity index is -0.000000108. The molecule has 0 saturated heterocycles. The Bertz CT molecular complexity index is 368. The molecule has 0 amide bonds. The molecule has 0 radical (unpaired) electrons. The number of ketones is 3. The van der Waals surface area contributed by atoms with E-state index in [0.717, 1.165) is 18.2 Å². The molecule has 0 N–H and O–H groups in total. The van der Waals surface area contributed by atoms with Gasteiger partial charge < -0.3 is 15.3 Å². The van der Waals surface area contributed by atoms with E-state index in [1.54, 1.807) is 0 Å². The molecular formula is C15H21O6Tb. The van der Waals surface area contributed by atoms with Crippen LogP contribution in [0.25, 0.3) is 0 Å². The summed E-state index contributed by atoms with van der Waals surface area (Å²) in [4.78, 5) is 29.9. The molecule has 0 aromatic heterocycles. The number of carbonyl (C=O) groups excluding carboxylic acids is 3. The average Bonchev–Trinajstić information content (AvgIpc) is 2.10. The van der Waals surface area contributed by atoms with Crippen molar-refractivity contribution in [2.75, 3.05) is 0 Å². The number of rotatable bonds is 3. The summed E-state index contributed by atoms with van der Waals surface area (Å²) in [7, 11) is 0. The molecule has 0 spiro atoms. The molecule has 0 aliphatic rings. The van der Waals surface area contributed by atoms with Crippen molar-refractivity contribution >= 4 is 17.3 Å². The Hall–Kier alpha value is -1.08. The van der Waals surface area contributed by atoms with Crippen molar-refractivity contribution < 1.29 is 68.3 Å². The van der Waals surface area contributed by atoms with E-state index in [0.29, 0.717) is 0 Å². The van der Waals surface area contributed by atoms with E-state index < -0.39 is 0 Å². The van der Waals surface area contributed by atoms with E-state index in [1.807, 2.05) is 0 Å². The zero-order chi connectivity index (χ0) is 17.6. The van der Waals surface area contributed by atoms with E-state index in [4.69, 9.17) is 0 Å². The van der Waals surface area contributed by atoms with Crippen molar-refractivity contribution in [3.05, 3.63) is 35.5 Å². The molecule has 0 aliphatic carbocycles. The zero-order valence-electron chi connectivity index (χ0n) is 13.5. The Morgan fingerprint density at radius 1 is 0.545 bits per heavy atom. The van der Waals surface area contributed by atoms with Crippen LogP contribution in [0.2, 0.25) is 0 Å². The maximum absolute atomic E-state index is 9.98. The first kappa shape index (κ1) is 29.0. The molecule has 0 bridgehead atoms. The number of carbonyl (C=O) groups is 3. The molecular weight excluding hydrogens is 435 g/mol. The molecule has 0 saturated carbocycles. The second-order valence-corrected chi connectivity index (χ2v) is 4.10. The van der Waals surface area contributed by atoms with Gasteiger partial charge in [-0.3, -0.25) is 14.4 Å². The van der Waals surface area contributed by atoms with Gasteiger partial charge in [0.05, 0.1) is 0 Å². The van der Waals surface area contributed by atoms with Crippen molar-refractivity contribution in [2.24, 2.45) is 0 Å². The Labute approximate surface area is 162 Å². The van der Waals surface area contributed by atoms with Gasteiger partial charge >= 0.3 is 38.6 Å². The maximum Gasteiger partial charge on any atom is 3.00 e. The normalized spacial score (nSPS) is 10.9. The first-order valence-electron chi connectivity index (χ1n) is 5.96. The average molecular weight is 456 g/mol. The standard InChI is InChI=1S/3C5H8O2.Tb/c3*1-4(6)3-5(2)7;/h3*3,6H,1-2H3;/q;;;+3/p-3. The topological polar surface area (TPSA) is 120 Å². The van der Waals surface area contributed by atoms with Crippen LogP contribution in [0, 0.1) is 38.6 Å². The van der Waals surface area contributed by atoms with Gasteiger partial charge in [0.25, 0.3) is 0 Å². The summed E-state index contributed by atoms with van der Waals surface area (Å²) in [5.74, 6) is -1.12. The van der Waals surface area contributed by atoms with Gasteiger partial charge in [0.2, 0.25) is 0 Å². The van der Waals surface area contributed by atoms with Crippen molar-refractivity contribution in [1.29, 1.82) is 0 Å². The minimum absolute atomic E-state index is 0. The molecule has 0 aromatic carbocycles. The number of allylic oxidation sites excluding steroid dienone is 6. The molecule has 0 atom stereocenters. The molecule has 22 heavy (non-hydrogen) atoms. The van der Waals surface area contributed by atoms with Crippen molar-refractivity contribution in [3.8, 4) is 0 Å². The molecule has 0 aromatic rings. The fraction of sp³-hybridized carbons (Fsp3) is 0.400. The number of hydrogen-bond donors (Lipinski definition) is 0. The molecule has 7 heteroatoms. The van der Waals surface area contributed by atoms with Crippen LogP contribution in [0.15, 0.2) is 35.5 Å². The molecule has 126 valence electrons. The summed E-state index contributed by atoms with van der Waals surface area (Å²) in [6.45, 7) is 8.09. The van der Waals surface area contributed by atoms with Crippen LogP contribution < -0.4 is 15.3 Å². The van der Waals surface area contributed by atoms with Gasteiger partial charge in [0.1, 0.15) is 0 Å². The van der Waals surface area contributed by atoms with Gasteiger partial charge in [-0.25, -0.2) is 0 Å². The van der Waals surface area contributed by atoms with Crippen LogP contribution in [0.4, 0.5) is 0 Å². The summed E-state index contributed by atoms with van der Waals surface area (Å²) in [6.07, 6.45) is 3.17. The second kappa shape index (κ2) is 18.0. The van der Waals surface area contributed by atoms with Gasteiger partial charge in [-0.1, -0.05) is 20.8 Å². The third-order valence-corrected chi connectivity index (χ3v) is 1.22. The predicted octanol–water partition coefficient (Wildman–Crippen LogP) is -0.481. The first-order chi connectivity index (χ1) is 9.38. The largest absolute Gasteiger partial charge is 3.00 e. The Morgan fingerprint density at radius 3 is 0.682 bits per heavy atom. The predicted molar refractivity (Wildman–Crippen MR) is 73.3 cm³/mol. The van der Waals surface area contributed by atoms with Crippen molar-refractivity contribution in [3.63, 3.8) is 0 Å². The summed E-state index contributed by atoms with van der Waals surface area (Å²) < 4.78 is 0. The molecule has 0 fully saturated rings. The summed E-state index contributed by atoms with van der Waals surface area (Å²) in [5.41, 5.74) is 0. The Morgan fingerprint density at radius 2 is 0.682 bits per heavy atom. The molecule has 0 aliphatic heterocycles. The second-order valence-electron chi connectivity index (χ2n) is 4.10. The van der Waals surface area contributed by atoms with Gasteiger partial charge in [-0.05, 0) is 39.0 Å². The van der Waals surface area contributed by atoms with Crippen LogP contribution in [-0.4, -0.2) is 17.3 Å². The van der Waals surface area contributed by atoms with Crippen LogP contribution in [0.1, 0.15) is 41.5 Å². The van der Waals surface area contributed by atoms with E-state index in [-0.39, 0.29) is 73.2 Å². The first-order valence-corrected chi connectivity index (χ1v) is 5.96. The minimum Gasteiger partial charge on any atom is -0.876 e. The van der Waals surface area contributed by atoms with Crippen LogP contribution in [-0.2, 0) is 14.4 Å². The SMILES string of the molecule is CC(=O)C=C(C)[O-].CC(=O)C=C(C)[O-].CC(=O)C=C(C)[O-].[Tb+3]. The van der Waals surface area contributed by atoms with Crippen LogP contribution in [0.5, 0.6) is 0 Å². The van der Waals surface area contributed by atoms with Gasteiger partial charge in [0, 0.05) is 0 Å². The maximum atomic E-state index is 9.98. The fourth-order valence-corrected chi connectivity index (χ4v) is 0.859. The summed E-state index contributed by atoms with van der Waals surface area (Å²) in [6, 6.07) is 0. The minimum atomic E-state index is -0.187. The van der Waals surface area contributed by atoms with E-state index >= 15 is 0 Å². The molecule has 0 unspecified atom stereocenters. The van der Waals surface area contributed by atoms with E-state index in [2.05, 4.69) is 0 Å². The quantitative estimate of drug-likeness (QED) is 0.418. The number of hydrogen-bond acceptors (Lipinski definition) is 6. The third kappa shape index (κ3) is 51.0. The summed E-state index contributed by atoms with van der Waals surface area (Å²) >= 11 is 0. The summed E-state index contributed by atoms with van der Waals surface area (Å²) in [5, 5.41) is 29.9. The fourth-order valence-electron chi connectivity index (χ4n) is 0.859. The Kier molecular flexibility index (Phi) is 23.7. The van der Waals surface area contributed by atoms with Crippen molar-refractivity contribution in [2.45, 2.75) is 41.5 Å². The monoisotopic (exact) mass is 456 g/mol. The van der Waals surface area contributed by atoms with Gasteiger partial charge in [-0.15, -0.1) is 17.3 Å². The molecule has 6 nitrogen and oxygen atoms in total. The van der Waals surface area contributed by atoms with Crippen molar-refractivity contribution in [1.82, 2.24) is 0 Å². The third-order valence-electron chi connectivity index (χ3n) is 1.22. The molecule has 0 rings (SSSR count). The van der Waals surface area contributed by atoms with Gasteiger partial charge in [-0.2, -0.15) is 0 Å². The van der Waals surface area contributed by atoms with Crippen LogP contribution in [0.3, 0.4) is 0 Å². The van der Waals surface area contributed by atoms with E-state index in [1.165, 1.54) is 41.5 Å². The molecule has 0 heterocycles. The van der Waals surface area contributed by atoms with E-state index in [9.17, 15) is 29.7 Å².